The van der Waals surface area contributed by atoms with Crippen molar-refractivity contribution in [2.24, 2.45) is 0 Å². The van der Waals surface area contributed by atoms with Crippen LogP contribution in [-0.4, -0.2) is 11.1 Å². The normalized spacial score (nSPS) is 10.7. The van der Waals surface area contributed by atoms with Gasteiger partial charge >= 0.3 is 0 Å². The smallest absolute Gasteiger partial charge is 0.261 e. The van der Waals surface area contributed by atoms with Crippen LogP contribution in [0.25, 0.3) is 11.3 Å². The number of rotatable bonds is 3. The molecule has 0 aliphatic heterocycles. The molecule has 0 saturated carbocycles. The summed E-state index contributed by atoms with van der Waals surface area (Å²) in [6.45, 7) is 3.54. The summed E-state index contributed by atoms with van der Waals surface area (Å²) in [6.07, 6.45) is 0. The Morgan fingerprint density at radius 1 is 1.17 bits per heavy atom. The number of nitrogens with zero attached hydrogens (tertiary/aromatic N) is 1. The minimum Gasteiger partial charge on any atom is -0.360 e. The van der Waals surface area contributed by atoms with Gasteiger partial charge in [-0.3, -0.25) is 4.79 Å². The molecule has 1 aromatic heterocycles. The molecule has 24 heavy (non-hydrogen) atoms. The number of carbonyl (C=O) groups is 1. The maximum absolute atomic E-state index is 14.2. The second-order valence-electron chi connectivity index (χ2n) is 5.38. The molecule has 6 heteroatoms. The fourth-order valence-electron chi connectivity index (χ4n) is 2.36. The van der Waals surface area contributed by atoms with Gasteiger partial charge in [0.15, 0.2) is 0 Å². The third kappa shape index (κ3) is 3.03. The fraction of sp³-hybridized carbons (Fsp3) is 0.111. The number of carbonyl (C=O) groups excluding carboxylic acids is 1. The van der Waals surface area contributed by atoms with Crippen molar-refractivity contribution in [3.05, 3.63) is 70.2 Å². The van der Waals surface area contributed by atoms with Gasteiger partial charge in [-0.2, -0.15) is 0 Å². The third-order valence-corrected chi connectivity index (χ3v) is 3.91. The number of amides is 1. The van der Waals surface area contributed by atoms with Gasteiger partial charge in [-0.15, -0.1) is 0 Å². The molecule has 0 spiro atoms. The van der Waals surface area contributed by atoms with E-state index >= 15 is 0 Å². The molecule has 0 unspecified atom stereocenters. The number of anilines is 1. The zero-order valence-corrected chi connectivity index (χ0v) is 13.8. The molecule has 2 aromatic carbocycles. The lowest BCUT2D eigenvalue weighted by Crippen LogP contribution is -2.13. The summed E-state index contributed by atoms with van der Waals surface area (Å²) in [7, 11) is 0. The lowest BCUT2D eigenvalue weighted by molar-refractivity contribution is 0.102. The van der Waals surface area contributed by atoms with Gasteiger partial charge < -0.3 is 9.84 Å². The Morgan fingerprint density at radius 3 is 2.54 bits per heavy atom. The fourth-order valence-corrected chi connectivity index (χ4v) is 2.62. The van der Waals surface area contributed by atoms with Gasteiger partial charge in [0.05, 0.1) is 10.6 Å². The van der Waals surface area contributed by atoms with Crippen LogP contribution in [0, 0.1) is 19.7 Å². The van der Waals surface area contributed by atoms with Gasteiger partial charge in [0.2, 0.25) is 0 Å². The summed E-state index contributed by atoms with van der Waals surface area (Å²) in [4.78, 5) is 12.6. The zero-order chi connectivity index (χ0) is 17.3. The molecule has 4 nitrogen and oxygen atoms in total. The van der Waals surface area contributed by atoms with E-state index in [4.69, 9.17) is 16.1 Å². The average Bonchev–Trinajstić information content (AvgIpc) is 2.91. The Bertz CT molecular complexity index is 884. The van der Waals surface area contributed by atoms with E-state index in [-0.39, 0.29) is 27.6 Å². The summed E-state index contributed by atoms with van der Waals surface area (Å²) in [5.41, 5.74) is 1.98. The molecule has 0 atom stereocenters. The Labute approximate surface area is 143 Å². The van der Waals surface area contributed by atoms with E-state index in [0.717, 1.165) is 5.56 Å². The molecular weight excluding hydrogens is 331 g/mol. The molecule has 0 saturated heterocycles. The van der Waals surface area contributed by atoms with E-state index in [1.807, 2.05) is 19.1 Å². The van der Waals surface area contributed by atoms with Gasteiger partial charge in [-0.05, 0) is 38.1 Å². The van der Waals surface area contributed by atoms with Gasteiger partial charge in [0.1, 0.15) is 22.8 Å². The molecule has 1 N–H and O–H groups in total. The molecule has 0 radical (unpaired) electrons. The quantitative estimate of drug-likeness (QED) is 0.727. The molecule has 0 bridgehead atoms. The summed E-state index contributed by atoms with van der Waals surface area (Å²) < 4.78 is 19.3. The van der Waals surface area contributed by atoms with Crippen molar-refractivity contribution < 1.29 is 13.7 Å². The highest BCUT2D eigenvalue weighted by atomic mass is 35.5. The minimum atomic E-state index is -0.569. The second-order valence-corrected chi connectivity index (χ2v) is 5.79. The Kier molecular flexibility index (Phi) is 4.36. The number of hydrogen-bond acceptors (Lipinski definition) is 3. The van der Waals surface area contributed by atoms with Crippen LogP contribution in [0.4, 0.5) is 10.1 Å². The van der Waals surface area contributed by atoms with Crippen LogP contribution in [0.15, 0.2) is 47.0 Å². The highest BCUT2D eigenvalue weighted by Gasteiger charge is 2.25. The molecule has 1 amide bonds. The summed E-state index contributed by atoms with van der Waals surface area (Å²) >= 11 is 6.07. The number of hydrogen-bond donors (Lipinski definition) is 1. The first-order chi connectivity index (χ1) is 11.5. The maximum atomic E-state index is 14.2. The number of benzene rings is 2. The van der Waals surface area contributed by atoms with Gasteiger partial charge in [-0.25, -0.2) is 4.39 Å². The van der Waals surface area contributed by atoms with Crippen LogP contribution in [0.1, 0.15) is 21.7 Å². The van der Waals surface area contributed by atoms with E-state index in [9.17, 15) is 9.18 Å². The number of halogens is 2. The van der Waals surface area contributed by atoms with Crippen LogP contribution in [0.3, 0.4) is 0 Å². The lowest BCUT2D eigenvalue weighted by atomic mass is 10.0. The molecule has 0 aliphatic carbocycles. The van der Waals surface area contributed by atoms with Gasteiger partial charge in [0.25, 0.3) is 5.91 Å². The molecule has 0 fully saturated rings. The van der Waals surface area contributed by atoms with Crippen molar-refractivity contribution in [2.75, 3.05) is 5.32 Å². The van der Waals surface area contributed by atoms with E-state index < -0.39 is 11.7 Å². The summed E-state index contributed by atoms with van der Waals surface area (Å²) in [5, 5.41) is 6.74. The maximum Gasteiger partial charge on any atom is 0.261 e. The van der Waals surface area contributed by atoms with Gasteiger partial charge in [-0.1, -0.05) is 40.5 Å². The number of nitrogens with one attached hydrogen (secondary N) is 1. The van der Waals surface area contributed by atoms with Crippen LogP contribution < -0.4 is 5.32 Å². The Hall–Kier alpha value is -2.66. The lowest BCUT2D eigenvalue weighted by Gasteiger charge is -2.07. The molecule has 0 aliphatic rings. The highest BCUT2D eigenvalue weighted by molar-refractivity contribution is 6.33. The van der Waals surface area contributed by atoms with Crippen molar-refractivity contribution >= 4 is 23.2 Å². The van der Waals surface area contributed by atoms with E-state index in [0.29, 0.717) is 5.69 Å². The monoisotopic (exact) mass is 344 g/mol. The van der Waals surface area contributed by atoms with Crippen molar-refractivity contribution in [1.29, 1.82) is 0 Å². The standard InChI is InChI=1S/C18H14ClFN2O2/c1-10-6-8-12(9-7-10)21-18(23)15-11(2)24-22-17(15)16-13(19)4-3-5-14(16)20/h3-9H,1-2H3,(H,21,23). The molecule has 3 aromatic rings. The number of aromatic nitrogens is 1. The molecule has 3 rings (SSSR count). The van der Waals surface area contributed by atoms with Crippen LogP contribution >= 0.6 is 11.6 Å². The van der Waals surface area contributed by atoms with E-state index in [1.165, 1.54) is 18.2 Å². The van der Waals surface area contributed by atoms with Gasteiger partial charge in [0, 0.05) is 5.69 Å². The average molecular weight is 345 g/mol. The van der Waals surface area contributed by atoms with Crippen LogP contribution in [-0.2, 0) is 0 Å². The predicted octanol–water partition coefficient (Wildman–Crippen LogP) is 5.00. The SMILES string of the molecule is Cc1ccc(NC(=O)c2c(-c3c(F)cccc3Cl)noc2C)cc1. The Balaban J connectivity index is 2.01. The van der Waals surface area contributed by atoms with E-state index in [1.54, 1.807) is 19.1 Å². The van der Waals surface area contributed by atoms with E-state index in [2.05, 4.69) is 10.5 Å². The van der Waals surface area contributed by atoms with Crippen molar-refractivity contribution in [3.8, 4) is 11.3 Å². The number of aryl methyl sites for hydroxylation is 2. The molecule has 122 valence electrons. The first-order valence-electron chi connectivity index (χ1n) is 7.26. The zero-order valence-electron chi connectivity index (χ0n) is 13.1. The molecular formula is C18H14ClFN2O2. The minimum absolute atomic E-state index is 0.0464. The topological polar surface area (TPSA) is 55.1 Å². The second kappa shape index (κ2) is 6.45. The van der Waals surface area contributed by atoms with Crippen LogP contribution in [0.2, 0.25) is 5.02 Å². The largest absolute Gasteiger partial charge is 0.360 e. The van der Waals surface area contributed by atoms with Crippen molar-refractivity contribution in [1.82, 2.24) is 5.16 Å². The van der Waals surface area contributed by atoms with Crippen LogP contribution in [0.5, 0.6) is 0 Å². The highest BCUT2D eigenvalue weighted by Crippen LogP contribution is 2.33. The molecule has 1 heterocycles. The summed E-state index contributed by atoms with van der Waals surface area (Å²) in [6, 6.07) is 11.6. The first kappa shape index (κ1) is 16.2. The van der Waals surface area contributed by atoms with Crippen molar-refractivity contribution in [2.45, 2.75) is 13.8 Å². The summed E-state index contributed by atoms with van der Waals surface area (Å²) in [5.74, 6) is -0.721. The predicted molar refractivity (Wildman–Crippen MR) is 90.8 cm³/mol. The third-order valence-electron chi connectivity index (χ3n) is 3.60. The Morgan fingerprint density at radius 2 is 1.88 bits per heavy atom. The first-order valence-corrected chi connectivity index (χ1v) is 7.64. The van der Waals surface area contributed by atoms with Crippen molar-refractivity contribution in [3.63, 3.8) is 0 Å².